The van der Waals surface area contributed by atoms with E-state index in [4.69, 9.17) is 4.74 Å². The Morgan fingerprint density at radius 3 is 2.75 bits per heavy atom. The quantitative estimate of drug-likeness (QED) is 0.785. The number of ether oxygens (including phenoxy) is 1. The second-order valence-corrected chi connectivity index (χ2v) is 5.73. The molecule has 5 nitrogen and oxygen atoms in total. The van der Waals surface area contributed by atoms with Gasteiger partial charge in [0.15, 0.2) is 0 Å². The first kappa shape index (κ1) is 16.4. The Bertz CT molecular complexity index is 730. The molecule has 0 radical (unpaired) electrons. The highest BCUT2D eigenvalue weighted by molar-refractivity contribution is 5.94. The number of benzene rings is 2. The number of hydrogen-bond acceptors (Lipinski definition) is 4. The van der Waals surface area contributed by atoms with Crippen molar-refractivity contribution in [2.75, 3.05) is 20.2 Å². The molecular weight excluding hydrogens is 309 g/mol. The van der Waals surface area contributed by atoms with Crippen LogP contribution in [0.2, 0.25) is 0 Å². The predicted octanol–water partition coefficient (Wildman–Crippen LogP) is 1.96. The van der Waals surface area contributed by atoms with E-state index in [2.05, 4.69) is 16.2 Å². The van der Waals surface area contributed by atoms with Gasteiger partial charge in [-0.25, -0.2) is 4.39 Å². The molecule has 1 aliphatic rings. The summed E-state index contributed by atoms with van der Waals surface area (Å²) >= 11 is 0. The molecule has 0 bridgehead atoms. The maximum atomic E-state index is 13.2. The molecule has 0 spiro atoms. The van der Waals surface area contributed by atoms with E-state index in [-0.39, 0.29) is 18.3 Å². The first-order valence-electron chi connectivity index (χ1n) is 7.83. The monoisotopic (exact) mass is 329 g/mol. The van der Waals surface area contributed by atoms with Gasteiger partial charge >= 0.3 is 0 Å². The van der Waals surface area contributed by atoms with Gasteiger partial charge in [-0.3, -0.25) is 15.6 Å². The van der Waals surface area contributed by atoms with E-state index in [1.807, 2.05) is 6.07 Å². The van der Waals surface area contributed by atoms with Crippen LogP contribution in [-0.2, 0) is 6.54 Å². The number of nitrogens with one attached hydrogen (secondary N) is 3. The van der Waals surface area contributed by atoms with Crippen molar-refractivity contribution in [3.63, 3.8) is 0 Å². The highest BCUT2D eigenvalue weighted by Crippen LogP contribution is 2.28. The van der Waals surface area contributed by atoms with Gasteiger partial charge in [0.2, 0.25) is 0 Å². The summed E-state index contributed by atoms with van der Waals surface area (Å²) in [6, 6.07) is 11.6. The Kier molecular flexibility index (Phi) is 5.08. The highest BCUT2D eigenvalue weighted by atomic mass is 19.1. The van der Waals surface area contributed by atoms with E-state index < -0.39 is 0 Å². The Labute approximate surface area is 140 Å². The van der Waals surface area contributed by atoms with Gasteiger partial charge in [0.1, 0.15) is 11.6 Å². The maximum Gasteiger partial charge on any atom is 0.251 e. The lowest BCUT2D eigenvalue weighted by atomic mass is 9.97. The molecule has 0 unspecified atom stereocenters. The molecule has 0 aliphatic carbocycles. The van der Waals surface area contributed by atoms with Gasteiger partial charge in [-0.05, 0) is 35.4 Å². The minimum absolute atomic E-state index is 0.216. The second-order valence-electron chi connectivity index (χ2n) is 5.73. The summed E-state index contributed by atoms with van der Waals surface area (Å²) in [4.78, 5) is 12.3. The van der Waals surface area contributed by atoms with Crippen molar-refractivity contribution in [1.82, 2.24) is 16.2 Å². The Hall–Kier alpha value is -2.44. The van der Waals surface area contributed by atoms with E-state index in [9.17, 15) is 9.18 Å². The molecule has 1 aliphatic heterocycles. The summed E-state index contributed by atoms with van der Waals surface area (Å²) in [5.74, 6) is 0.478. The van der Waals surface area contributed by atoms with E-state index >= 15 is 0 Å². The first-order chi connectivity index (χ1) is 11.7. The average Bonchev–Trinajstić information content (AvgIpc) is 3.13. The molecule has 126 valence electrons. The fraction of sp³-hybridized carbons (Fsp3) is 0.278. The minimum Gasteiger partial charge on any atom is -0.496 e. The van der Waals surface area contributed by atoms with Crippen LogP contribution in [0.1, 0.15) is 27.4 Å². The molecule has 0 saturated carbocycles. The van der Waals surface area contributed by atoms with Crippen LogP contribution in [0.15, 0.2) is 42.5 Å². The summed E-state index contributed by atoms with van der Waals surface area (Å²) in [5, 5.41) is 2.80. The summed E-state index contributed by atoms with van der Waals surface area (Å²) in [5.41, 5.74) is 8.48. The SMILES string of the molecule is COc1cc(C(=O)NCc2cccc(F)c2)ccc1C1CNNC1. The molecule has 2 aromatic carbocycles. The number of methoxy groups -OCH3 is 1. The Balaban J connectivity index is 1.70. The molecule has 3 N–H and O–H groups in total. The van der Waals surface area contributed by atoms with Gasteiger partial charge in [0.25, 0.3) is 5.91 Å². The van der Waals surface area contributed by atoms with Crippen LogP contribution in [0.3, 0.4) is 0 Å². The first-order valence-corrected chi connectivity index (χ1v) is 7.83. The molecule has 1 fully saturated rings. The zero-order valence-electron chi connectivity index (χ0n) is 13.4. The van der Waals surface area contributed by atoms with Crippen LogP contribution >= 0.6 is 0 Å². The van der Waals surface area contributed by atoms with Crippen molar-refractivity contribution in [2.45, 2.75) is 12.5 Å². The van der Waals surface area contributed by atoms with Crippen molar-refractivity contribution in [3.8, 4) is 5.75 Å². The maximum absolute atomic E-state index is 13.2. The number of rotatable bonds is 5. The molecular formula is C18H20FN3O2. The number of carbonyl (C=O) groups excluding carboxylic acids is 1. The Morgan fingerprint density at radius 2 is 2.04 bits per heavy atom. The van der Waals surface area contributed by atoms with Crippen molar-refractivity contribution in [3.05, 3.63) is 65.0 Å². The number of carbonyl (C=O) groups is 1. The smallest absolute Gasteiger partial charge is 0.251 e. The molecule has 6 heteroatoms. The summed E-state index contributed by atoms with van der Waals surface area (Å²) < 4.78 is 18.6. The summed E-state index contributed by atoms with van der Waals surface area (Å²) in [7, 11) is 1.60. The fourth-order valence-electron chi connectivity index (χ4n) is 2.80. The topological polar surface area (TPSA) is 62.4 Å². The van der Waals surface area contributed by atoms with Crippen LogP contribution in [0.25, 0.3) is 0 Å². The van der Waals surface area contributed by atoms with Gasteiger partial charge < -0.3 is 10.1 Å². The molecule has 1 saturated heterocycles. The van der Waals surface area contributed by atoms with Crippen molar-refractivity contribution < 1.29 is 13.9 Å². The van der Waals surface area contributed by atoms with E-state index in [1.54, 1.807) is 31.4 Å². The Morgan fingerprint density at radius 1 is 1.25 bits per heavy atom. The van der Waals surface area contributed by atoms with E-state index in [0.29, 0.717) is 17.2 Å². The standard InChI is InChI=1S/C18H20FN3O2/c1-24-17-8-13(5-6-16(17)14-10-21-22-11-14)18(23)20-9-12-3-2-4-15(19)7-12/h2-8,14,21-22H,9-11H2,1H3,(H,20,23). The third-order valence-electron chi connectivity index (χ3n) is 4.10. The van der Waals surface area contributed by atoms with E-state index in [0.717, 1.165) is 24.2 Å². The molecule has 1 heterocycles. The van der Waals surface area contributed by atoms with Gasteiger partial charge in [-0.15, -0.1) is 0 Å². The zero-order valence-corrected chi connectivity index (χ0v) is 13.4. The predicted molar refractivity (Wildman–Crippen MR) is 89.3 cm³/mol. The highest BCUT2D eigenvalue weighted by Gasteiger charge is 2.21. The van der Waals surface area contributed by atoms with Crippen molar-refractivity contribution in [1.29, 1.82) is 0 Å². The minimum atomic E-state index is -0.313. The normalized spacial score (nSPS) is 14.6. The summed E-state index contributed by atoms with van der Waals surface area (Å²) in [6.07, 6.45) is 0. The molecule has 0 atom stereocenters. The number of hydrogen-bond donors (Lipinski definition) is 3. The van der Waals surface area contributed by atoms with Crippen molar-refractivity contribution >= 4 is 5.91 Å². The van der Waals surface area contributed by atoms with Crippen molar-refractivity contribution in [2.24, 2.45) is 0 Å². The van der Waals surface area contributed by atoms with E-state index in [1.165, 1.54) is 12.1 Å². The van der Waals surface area contributed by atoms with Gasteiger partial charge in [-0.1, -0.05) is 18.2 Å². The molecule has 2 aromatic rings. The second kappa shape index (κ2) is 7.42. The number of halogens is 1. The average molecular weight is 329 g/mol. The van der Waals surface area contributed by atoms with Gasteiger partial charge in [0, 0.05) is 31.1 Å². The summed E-state index contributed by atoms with van der Waals surface area (Å²) in [6.45, 7) is 1.92. The molecule has 0 aromatic heterocycles. The number of amides is 1. The number of hydrazine groups is 1. The van der Waals surface area contributed by atoms with Crippen LogP contribution in [-0.4, -0.2) is 26.1 Å². The fourth-order valence-corrected chi connectivity index (χ4v) is 2.80. The lowest BCUT2D eigenvalue weighted by molar-refractivity contribution is 0.0950. The van der Waals surface area contributed by atoms with Crippen LogP contribution in [0, 0.1) is 5.82 Å². The zero-order chi connectivity index (χ0) is 16.9. The molecule has 1 amide bonds. The third kappa shape index (κ3) is 3.72. The van der Waals surface area contributed by atoms with Gasteiger partial charge in [0.05, 0.1) is 7.11 Å². The third-order valence-corrected chi connectivity index (χ3v) is 4.10. The lowest BCUT2D eigenvalue weighted by Gasteiger charge is -2.14. The van der Waals surface area contributed by atoms with Gasteiger partial charge in [-0.2, -0.15) is 0 Å². The lowest BCUT2D eigenvalue weighted by Crippen LogP contribution is -2.23. The molecule has 24 heavy (non-hydrogen) atoms. The van der Waals surface area contributed by atoms with Crippen LogP contribution in [0.5, 0.6) is 5.75 Å². The van der Waals surface area contributed by atoms with Crippen LogP contribution in [0.4, 0.5) is 4.39 Å². The van der Waals surface area contributed by atoms with Crippen LogP contribution < -0.4 is 20.9 Å². The molecule has 3 rings (SSSR count). The largest absolute Gasteiger partial charge is 0.496 e.